The van der Waals surface area contributed by atoms with Crippen LogP contribution in [-0.4, -0.2) is 25.0 Å². The van der Waals surface area contributed by atoms with Crippen LogP contribution in [0, 0.1) is 0 Å². The van der Waals surface area contributed by atoms with Gasteiger partial charge in [0.2, 0.25) is 0 Å². The minimum atomic E-state index is -0.539. The van der Waals surface area contributed by atoms with Crippen LogP contribution >= 0.6 is 0 Å². The van der Waals surface area contributed by atoms with Gasteiger partial charge in [0.1, 0.15) is 5.75 Å². The second kappa shape index (κ2) is 8.72. The predicted octanol–water partition coefficient (Wildman–Crippen LogP) is 2.47. The van der Waals surface area contributed by atoms with E-state index >= 15 is 0 Å². The molecule has 2 amide bonds. The van der Waals surface area contributed by atoms with Crippen LogP contribution in [0.5, 0.6) is 5.75 Å². The molecule has 0 bridgehead atoms. The van der Waals surface area contributed by atoms with E-state index in [4.69, 9.17) is 10.5 Å². The molecule has 0 spiro atoms. The summed E-state index contributed by atoms with van der Waals surface area (Å²) in [6.45, 7) is 2.51. The molecule has 1 atom stereocenters. The first kappa shape index (κ1) is 17.5. The van der Waals surface area contributed by atoms with E-state index in [9.17, 15) is 9.59 Å². The Balaban J connectivity index is 1.91. The summed E-state index contributed by atoms with van der Waals surface area (Å²) in [6.07, 6.45) is 0.949. The number of hydrogen-bond donors (Lipinski definition) is 2. The van der Waals surface area contributed by atoms with Crippen LogP contribution in [-0.2, 0) is 4.79 Å². The van der Waals surface area contributed by atoms with Gasteiger partial charge in [0, 0.05) is 18.0 Å². The molecule has 0 aliphatic heterocycles. The zero-order chi connectivity index (χ0) is 17.4. The third-order valence-electron chi connectivity index (χ3n) is 3.77. The van der Waals surface area contributed by atoms with E-state index in [1.807, 2.05) is 18.2 Å². The Morgan fingerprint density at radius 2 is 1.75 bits per heavy atom. The van der Waals surface area contributed by atoms with Crippen molar-refractivity contribution in [1.82, 2.24) is 5.32 Å². The molecule has 0 aliphatic rings. The van der Waals surface area contributed by atoms with Gasteiger partial charge in [0.15, 0.2) is 6.61 Å². The molecule has 5 nitrogen and oxygen atoms in total. The van der Waals surface area contributed by atoms with Crippen LogP contribution in [0.1, 0.15) is 35.2 Å². The lowest BCUT2D eigenvalue weighted by Gasteiger charge is -2.16. The second-order valence-corrected chi connectivity index (χ2v) is 5.51. The maximum absolute atomic E-state index is 12.2. The van der Waals surface area contributed by atoms with E-state index in [0.717, 1.165) is 6.42 Å². The molecular formula is C19H22N2O3. The molecule has 2 aromatic rings. The highest BCUT2D eigenvalue weighted by molar-refractivity contribution is 5.94. The normalized spacial score (nSPS) is 11.5. The zero-order valence-corrected chi connectivity index (χ0v) is 13.7. The van der Waals surface area contributed by atoms with Gasteiger partial charge >= 0.3 is 0 Å². The summed E-state index contributed by atoms with van der Waals surface area (Å²) >= 11 is 0. The quantitative estimate of drug-likeness (QED) is 0.782. The van der Waals surface area contributed by atoms with Crippen molar-refractivity contribution in [3.63, 3.8) is 0 Å². The number of nitrogens with two attached hydrogens (primary N) is 1. The van der Waals surface area contributed by atoms with E-state index in [1.54, 1.807) is 24.3 Å². The fourth-order valence-electron chi connectivity index (χ4n) is 2.40. The van der Waals surface area contributed by atoms with Gasteiger partial charge in [-0.05, 0) is 36.2 Å². The molecule has 2 aromatic carbocycles. The molecule has 0 aromatic heterocycles. The number of hydrogen-bond acceptors (Lipinski definition) is 3. The van der Waals surface area contributed by atoms with Gasteiger partial charge in [-0.1, -0.05) is 37.3 Å². The minimum absolute atomic E-state index is 0.133. The number of nitrogens with one attached hydrogen (secondary N) is 1. The lowest BCUT2D eigenvalue weighted by molar-refractivity contribution is -0.119. The maximum atomic E-state index is 12.2. The first-order chi connectivity index (χ1) is 11.6. The standard InChI is InChI=1S/C19H22N2O3/c1-2-14(15-6-4-3-5-7-15)12-21-19(23)16-8-10-17(11-9-16)24-13-18(20)22/h3-11,14H,2,12-13H2,1H3,(H2,20,22)(H,21,23). The number of rotatable bonds is 8. The van der Waals surface area contributed by atoms with Gasteiger partial charge in [-0.25, -0.2) is 0 Å². The van der Waals surface area contributed by atoms with Crippen LogP contribution in [0.15, 0.2) is 54.6 Å². The molecule has 5 heteroatoms. The van der Waals surface area contributed by atoms with Crippen LogP contribution in [0.4, 0.5) is 0 Å². The molecule has 1 unspecified atom stereocenters. The zero-order valence-electron chi connectivity index (χ0n) is 13.7. The third-order valence-corrected chi connectivity index (χ3v) is 3.77. The lowest BCUT2D eigenvalue weighted by atomic mass is 9.96. The van der Waals surface area contributed by atoms with Crippen LogP contribution in [0.25, 0.3) is 0 Å². The lowest BCUT2D eigenvalue weighted by Crippen LogP contribution is -2.28. The summed E-state index contributed by atoms with van der Waals surface area (Å²) in [5.74, 6) is 0.114. The van der Waals surface area contributed by atoms with Gasteiger partial charge in [-0.15, -0.1) is 0 Å². The van der Waals surface area contributed by atoms with E-state index in [0.29, 0.717) is 17.9 Å². The van der Waals surface area contributed by atoms with Crippen molar-refractivity contribution in [2.75, 3.05) is 13.2 Å². The van der Waals surface area contributed by atoms with E-state index in [1.165, 1.54) is 5.56 Å². The molecule has 2 rings (SSSR count). The Kier molecular flexibility index (Phi) is 6.37. The largest absolute Gasteiger partial charge is 0.484 e. The Labute approximate surface area is 141 Å². The predicted molar refractivity (Wildman–Crippen MR) is 92.9 cm³/mol. The maximum Gasteiger partial charge on any atom is 0.255 e. The summed E-state index contributed by atoms with van der Waals surface area (Å²) in [6, 6.07) is 16.8. The molecule has 3 N–H and O–H groups in total. The Morgan fingerprint density at radius 3 is 2.33 bits per heavy atom. The third kappa shape index (κ3) is 5.12. The molecule has 0 saturated heterocycles. The summed E-state index contributed by atoms with van der Waals surface area (Å²) in [7, 11) is 0. The average Bonchev–Trinajstić information content (AvgIpc) is 2.61. The monoisotopic (exact) mass is 326 g/mol. The number of benzene rings is 2. The Morgan fingerprint density at radius 1 is 1.08 bits per heavy atom. The molecule has 0 saturated carbocycles. The average molecular weight is 326 g/mol. The van der Waals surface area contributed by atoms with Gasteiger partial charge in [0.05, 0.1) is 0 Å². The summed E-state index contributed by atoms with van der Waals surface area (Å²) < 4.78 is 5.17. The number of carbonyl (C=O) groups excluding carboxylic acids is 2. The van der Waals surface area contributed by atoms with Gasteiger partial charge in [0.25, 0.3) is 11.8 Å². The van der Waals surface area contributed by atoms with Crippen molar-refractivity contribution in [3.8, 4) is 5.75 Å². The molecular weight excluding hydrogens is 304 g/mol. The molecule has 24 heavy (non-hydrogen) atoms. The molecule has 0 heterocycles. The SMILES string of the molecule is CCC(CNC(=O)c1ccc(OCC(N)=O)cc1)c1ccccc1. The van der Waals surface area contributed by atoms with E-state index in [-0.39, 0.29) is 18.4 Å². The molecule has 126 valence electrons. The summed E-state index contributed by atoms with van der Waals surface area (Å²) in [5, 5.41) is 2.96. The van der Waals surface area contributed by atoms with E-state index < -0.39 is 5.91 Å². The highest BCUT2D eigenvalue weighted by atomic mass is 16.5. The second-order valence-electron chi connectivity index (χ2n) is 5.51. The van der Waals surface area contributed by atoms with Crippen molar-refractivity contribution in [2.45, 2.75) is 19.3 Å². The van der Waals surface area contributed by atoms with Crippen LogP contribution in [0.3, 0.4) is 0 Å². The molecule has 0 fully saturated rings. The highest BCUT2D eigenvalue weighted by Crippen LogP contribution is 2.18. The Bertz CT molecular complexity index is 669. The first-order valence-corrected chi connectivity index (χ1v) is 7.94. The fraction of sp³-hybridized carbons (Fsp3) is 0.263. The van der Waals surface area contributed by atoms with Crippen LogP contribution < -0.4 is 15.8 Å². The topological polar surface area (TPSA) is 81.4 Å². The Hall–Kier alpha value is -2.82. The highest BCUT2D eigenvalue weighted by Gasteiger charge is 2.12. The van der Waals surface area contributed by atoms with Crippen molar-refractivity contribution >= 4 is 11.8 Å². The number of primary amides is 1. The fourth-order valence-corrected chi connectivity index (χ4v) is 2.40. The number of ether oxygens (including phenoxy) is 1. The first-order valence-electron chi connectivity index (χ1n) is 7.94. The molecule has 0 radical (unpaired) electrons. The van der Waals surface area contributed by atoms with Crippen LogP contribution in [0.2, 0.25) is 0 Å². The smallest absolute Gasteiger partial charge is 0.255 e. The van der Waals surface area contributed by atoms with Crippen molar-refractivity contribution < 1.29 is 14.3 Å². The number of amides is 2. The van der Waals surface area contributed by atoms with Gasteiger partial charge in [-0.2, -0.15) is 0 Å². The van der Waals surface area contributed by atoms with Crippen molar-refractivity contribution in [1.29, 1.82) is 0 Å². The summed E-state index contributed by atoms with van der Waals surface area (Å²) in [5.41, 5.74) is 6.78. The minimum Gasteiger partial charge on any atom is -0.484 e. The number of carbonyl (C=O) groups is 2. The van der Waals surface area contributed by atoms with E-state index in [2.05, 4.69) is 24.4 Å². The van der Waals surface area contributed by atoms with Crippen molar-refractivity contribution in [3.05, 3.63) is 65.7 Å². The molecule has 0 aliphatic carbocycles. The van der Waals surface area contributed by atoms with Crippen molar-refractivity contribution in [2.24, 2.45) is 5.73 Å². The van der Waals surface area contributed by atoms with Gasteiger partial charge in [-0.3, -0.25) is 9.59 Å². The summed E-state index contributed by atoms with van der Waals surface area (Å²) in [4.78, 5) is 22.9. The van der Waals surface area contributed by atoms with Gasteiger partial charge < -0.3 is 15.8 Å².